The van der Waals surface area contributed by atoms with Crippen molar-refractivity contribution in [2.24, 2.45) is 0 Å². The first-order valence-electron chi connectivity index (χ1n) is 4.79. The molecule has 3 N–H and O–H groups in total. The third-order valence-electron chi connectivity index (χ3n) is 1.97. The van der Waals surface area contributed by atoms with Gasteiger partial charge in [0.1, 0.15) is 5.82 Å². The van der Waals surface area contributed by atoms with Crippen molar-refractivity contribution in [3.63, 3.8) is 0 Å². The number of nitrogens with one attached hydrogen (secondary N) is 1. The molecule has 0 saturated heterocycles. The predicted molar refractivity (Wildman–Crippen MR) is 60.8 cm³/mol. The Morgan fingerprint density at radius 3 is 2.59 bits per heavy atom. The molecule has 0 aliphatic rings. The lowest BCUT2D eigenvalue weighted by atomic mass is 10.2. The molecule has 1 amide bonds. The minimum absolute atomic E-state index is 0.120. The molecule has 1 heterocycles. The maximum Gasteiger partial charge on any atom is 0.258 e. The van der Waals surface area contributed by atoms with Crippen LogP contribution in [0.4, 0.5) is 16.0 Å². The molecule has 2 aromatic rings. The van der Waals surface area contributed by atoms with E-state index in [2.05, 4.69) is 15.3 Å². The van der Waals surface area contributed by atoms with Gasteiger partial charge in [0.05, 0.1) is 0 Å². The van der Waals surface area contributed by atoms with E-state index in [0.717, 1.165) is 12.1 Å². The van der Waals surface area contributed by atoms with E-state index in [1.807, 2.05) is 0 Å². The van der Waals surface area contributed by atoms with Gasteiger partial charge in [0.15, 0.2) is 0 Å². The topological polar surface area (TPSA) is 80.9 Å². The van der Waals surface area contributed by atoms with Gasteiger partial charge in [-0.2, -0.15) is 0 Å². The lowest BCUT2D eigenvalue weighted by molar-refractivity contribution is 0.102. The van der Waals surface area contributed by atoms with E-state index in [-0.39, 0.29) is 17.2 Å². The number of halogens is 1. The maximum absolute atomic E-state index is 13.0. The van der Waals surface area contributed by atoms with Crippen LogP contribution in [-0.2, 0) is 0 Å². The number of hydrogen-bond donors (Lipinski definition) is 2. The minimum Gasteiger partial charge on any atom is -0.399 e. The van der Waals surface area contributed by atoms with Gasteiger partial charge in [-0.1, -0.05) is 0 Å². The number of nitrogens with zero attached hydrogens (tertiary/aromatic N) is 2. The smallest absolute Gasteiger partial charge is 0.258 e. The summed E-state index contributed by atoms with van der Waals surface area (Å²) >= 11 is 0. The number of anilines is 2. The van der Waals surface area contributed by atoms with E-state index in [9.17, 15) is 9.18 Å². The Morgan fingerprint density at radius 2 is 1.94 bits per heavy atom. The fourth-order valence-corrected chi connectivity index (χ4v) is 1.28. The van der Waals surface area contributed by atoms with Crippen LogP contribution in [0.15, 0.2) is 36.7 Å². The average molecular weight is 232 g/mol. The highest BCUT2D eigenvalue weighted by Gasteiger charge is 2.09. The molecule has 1 aromatic carbocycles. The molecule has 86 valence electrons. The zero-order valence-electron chi connectivity index (χ0n) is 8.72. The van der Waals surface area contributed by atoms with Gasteiger partial charge < -0.3 is 5.73 Å². The van der Waals surface area contributed by atoms with E-state index in [1.54, 1.807) is 6.07 Å². The number of carbonyl (C=O) groups is 1. The van der Waals surface area contributed by atoms with Crippen LogP contribution in [0.25, 0.3) is 0 Å². The zero-order valence-corrected chi connectivity index (χ0v) is 8.72. The van der Waals surface area contributed by atoms with Crippen LogP contribution < -0.4 is 11.1 Å². The third-order valence-corrected chi connectivity index (χ3v) is 1.97. The number of carbonyl (C=O) groups excluding carboxylic acids is 1. The lowest BCUT2D eigenvalue weighted by Gasteiger charge is -2.04. The summed E-state index contributed by atoms with van der Waals surface area (Å²) in [6.07, 6.45) is 2.98. The molecular weight excluding hydrogens is 223 g/mol. The number of aromatic nitrogens is 2. The van der Waals surface area contributed by atoms with Crippen LogP contribution >= 0.6 is 0 Å². The van der Waals surface area contributed by atoms with Gasteiger partial charge >= 0.3 is 0 Å². The van der Waals surface area contributed by atoms with Crippen molar-refractivity contribution in [3.8, 4) is 0 Å². The van der Waals surface area contributed by atoms with Gasteiger partial charge in [-0.3, -0.25) is 10.1 Å². The molecular formula is C11H9FN4O. The lowest BCUT2D eigenvalue weighted by Crippen LogP contribution is -2.14. The summed E-state index contributed by atoms with van der Waals surface area (Å²) in [4.78, 5) is 19.3. The summed E-state index contributed by atoms with van der Waals surface area (Å²) in [5, 5.41) is 2.43. The van der Waals surface area contributed by atoms with Crippen LogP contribution in [-0.4, -0.2) is 15.9 Å². The van der Waals surface area contributed by atoms with Gasteiger partial charge in [0, 0.05) is 23.6 Å². The molecule has 0 radical (unpaired) electrons. The SMILES string of the molecule is Nc1cc(F)cc(C(=O)Nc2ncccn2)c1. The van der Waals surface area contributed by atoms with Crippen molar-refractivity contribution in [1.29, 1.82) is 0 Å². The highest BCUT2D eigenvalue weighted by Crippen LogP contribution is 2.11. The molecule has 0 fully saturated rings. The molecule has 0 atom stereocenters. The first-order valence-corrected chi connectivity index (χ1v) is 4.79. The summed E-state index contributed by atoms with van der Waals surface area (Å²) in [5.41, 5.74) is 5.74. The van der Waals surface area contributed by atoms with Crippen molar-refractivity contribution in [3.05, 3.63) is 48.0 Å². The van der Waals surface area contributed by atoms with Gasteiger partial charge in [0.2, 0.25) is 5.95 Å². The largest absolute Gasteiger partial charge is 0.399 e. The van der Waals surface area contributed by atoms with Gasteiger partial charge in [-0.25, -0.2) is 14.4 Å². The Bertz CT molecular complexity index is 524. The average Bonchev–Trinajstić information content (AvgIpc) is 2.29. The molecule has 1 aromatic heterocycles. The maximum atomic E-state index is 13.0. The summed E-state index contributed by atoms with van der Waals surface area (Å²) < 4.78 is 13.0. The first-order chi connectivity index (χ1) is 8.15. The Hall–Kier alpha value is -2.50. The van der Waals surface area contributed by atoms with Crippen molar-refractivity contribution >= 4 is 17.5 Å². The molecule has 2 rings (SSSR count). The van der Waals surface area contributed by atoms with Gasteiger partial charge in [0.25, 0.3) is 5.91 Å². The van der Waals surface area contributed by atoms with E-state index < -0.39 is 11.7 Å². The molecule has 0 aliphatic heterocycles. The van der Waals surface area contributed by atoms with Gasteiger partial charge in [-0.05, 0) is 24.3 Å². The molecule has 5 nitrogen and oxygen atoms in total. The third kappa shape index (κ3) is 2.75. The normalized spacial score (nSPS) is 9.94. The zero-order chi connectivity index (χ0) is 12.3. The second kappa shape index (κ2) is 4.56. The van der Waals surface area contributed by atoms with Crippen LogP contribution in [0.5, 0.6) is 0 Å². The number of amides is 1. The highest BCUT2D eigenvalue weighted by molar-refractivity contribution is 6.03. The summed E-state index contributed by atoms with van der Waals surface area (Å²) in [7, 11) is 0. The van der Waals surface area contributed by atoms with Gasteiger partial charge in [-0.15, -0.1) is 0 Å². The fourth-order valence-electron chi connectivity index (χ4n) is 1.28. The summed E-state index contributed by atoms with van der Waals surface area (Å²) in [6, 6.07) is 5.22. The monoisotopic (exact) mass is 232 g/mol. The Kier molecular flexibility index (Phi) is 2.95. The highest BCUT2D eigenvalue weighted by atomic mass is 19.1. The van der Waals surface area contributed by atoms with Crippen LogP contribution in [0.1, 0.15) is 10.4 Å². The standard InChI is InChI=1S/C11H9FN4O/c12-8-4-7(5-9(13)6-8)10(17)16-11-14-2-1-3-15-11/h1-6H,13H2,(H,14,15,16,17). The van der Waals surface area contributed by atoms with Crippen LogP contribution in [0.3, 0.4) is 0 Å². The molecule has 0 spiro atoms. The molecule has 0 unspecified atom stereocenters. The van der Waals surface area contributed by atoms with Crippen molar-refractivity contribution in [2.45, 2.75) is 0 Å². The van der Waals surface area contributed by atoms with Crippen LogP contribution in [0, 0.1) is 5.82 Å². The first kappa shape index (κ1) is 11.0. The van der Waals surface area contributed by atoms with E-state index >= 15 is 0 Å². The number of benzene rings is 1. The Morgan fingerprint density at radius 1 is 1.24 bits per heavy atom. The van der Waals surface area contributed by atoms with Crippen LogP contribution in [0.2, 0.25) is 0 Å². The predicted octanol–water partition coefficient (Wildman–Crippen LogP) is 1.45. The molecule has 0 aliphatic carbocycles. The molecule has 0 bridgehead atoms. The number of hydrogen-bond acceptors (Lipinski definition) is 4. The second-order valence-corrected chi connectivity index (χ2v) is 3.30. The molecule has 0 saturated carbocycles. The van der Waals surface area contributed by atoms with Crippen molar-refractivity contribution < 1.29 is 9.18 Å². The van der Waals surface area contributed by atoms with E-state index in [4.69, 9.17) is 5.73 Å². The molecule has 17 heavy (non-hydrogen) atoms. The Balaban J connectivity index is 2.20. The summed E-state index contributed by atoms with van der Waals surface area (Å²) in [6.45, 7) is 0. The minimum atomic E-state index is -0.566. The van der Waals surface area contributed by atoms with Crippen molar-refractivity contribution in [2.75, 3.05) is 11.1 Å². The fraction of sp³-hybridized carbons (Fsp3) is 0. The van der Waals surface area contributed by atoms with E-state index in [1.165, 1.54) is 18.5 Å². The Labute approximate surface area is 96.5 Å². The van der Waals surface area contributed by atoms with E-state index in [0.29, 0.717) is 0 Å². The second-order valence-electron chi connectivity index (χ2n) is 3.30. The molecule has 6 heteroatoms. The number of rotatable bonds is 2. The number of nitrogen functional groups attached to an aromatic ring is 1. The quantitative estimate of drug-likeness (QED) is 0.768. The number of nitrogens with two attached hydrogens (primary N) is 1. The summed E-state index contributed by atoms with van der Waals surface area (Å²) in [5.74, 6) is -0.924. The van der Waals surface area contributed by atoms with Crippen molar-refractivity contribution in [1.82, 2.24) is 9.97 Å².